The molecule has 0 aromatic heterocycles. The van der Waals surface area contributed by atoms with Crippen molar-refractivity contribution in [1.29, 1.82) is 0 Å². The summed E-state index contributed by atoms with van der Waals surface area (Å²) in [6.07, 6.45) is 5.45. The Hall–Kier alpha value is -1.69. The largest absolute Gasteiger partial charge is 0.326 e. The van der Waals surface area contributed by atoms with Crippen molar-refractivity contribution in [3.63, 3.8) is 0 Å². The number of nitrogens with one attached hydrogen (secondary N) is 2. The van der Waals surface area contributed by atoms with E-state index in [-0.39, 0.29) is 23.0 Å². The number of thioether (sulfide) groups is 1. The van der Waals surface area contributed by atoms with Gasteiger partial charge in [-0.3, -0.25) is 9.59 Å². The molecule has 2 aromatic rings. The summed E-state index contributed by atoms with van der Waals surface area (Å²) in [5.41, 5.74) is 1.36. The van der Waals surface area contributed by atoms with E-state index >= 15 is 0 Å². The lowest BCUT2D eigenvalue weighted by Crippen LogP contribution is -2.24. The fourth-order valence-corrected chi connectivity index (χ4v) is 4.75. The van der Waals surface area contributed by atoms with Crippen LogP contribution in [0.4, 0.5) is 11.4 Å². The van der Waals surface area contributed by atoms with Crippen molar-refractivity contribution in [3.8, 4) is 0 Å². The maximum absolute atomic E-state index is 12.5. The maximum Gasteiger partial charge on any atom is 0.237 e. The van der Waals surface area contributed by atoms with E-state index in [0.29, 0.717) is 15.7 Å². The van der Waals surface area contributed by atoms with Crippen molar-refractivity contribution >= 4 is 58.2 Å². The molecule has 1 unspecified atom stereocenters. The van der Waals surface area contributed by atoms with Crippen molar-refractivity contribution < 1.29 is 9.59 Å². The SMILES string of the molecule is CC(Sc1ccc(NC(=O)C2CCCCC2)cc1)C(=O)Nc1cc(Cl)cc(Cl)c1. The van der Waals surface area contributed by atoms with E-state index in [9.17, 15) is 9.59 Å². The summed E-state index contributed by atoms with van der Waals surface area (Å²) in [7, 11) is 0. The summed E-state index contributed by atoms with van der Waals surface area (Å²) in [5.74, 6) is 0.0996. The third-order valence-electron chi connectivity index (χ3n) is 4.91. The Morgan fingerprint density at radius 2 is 1.55 bits per heavy atom. The second-order valence-electron chi connectivity index (χ2n) is 7.26. The highest BCUT2D eigenvalue weighted by Gasteiger charge is 2.21. The average molecular weight is 451 g/mol. The van der Waals surface area contributed by atoms with Gasteiger partial charge in [-0.15, -0.1) is 11.8 Å². The van der Waals surface area contributed by atoms with Gasteiger partial charge in [0.15, 0.2) is 0 Å². The molecule has 1 atom stereocenters. The monoisotopic (exact) mass is 450 g/mol. The van der Waals surface area contributed by atoms with Gasteiger partial charge in [-0.1, -0.05) is 42.5 Å². The minimum Gasteiger partial charge on any atom is -0.326 e. The number of amides is 2. The molecule has 4 nitrogen and oxygen atoms in total. The molecule has 2 N–H and O–H groups in total. The number of benzene rings is 2. The zero-order valence-electron chi connectivity index (χ0n) is 16.2. The zero-order chi connectivity index (χ0) is 20.8. The van der Waals surface area contributed by atoms with E-state index in [4.69, 9.17) is 23.2 Å². The molecule has 0 saturated heterocycles. The van der Waals surface area contributed by atoms with Crippen molar-refractivity contribution in [2.75, 3.05) is 10.6 Å². The summed E-state index contributed by atoms with van der Waals surface area (Å²) in [6.45, 7) is 1.84. The summed E-state index contributed by atoms with van der Waals surface area (Å²) >= 11 is 13.4. The van der Waals surface area contributed by atoms with Gasteiger partial charge >= 0.3 is 0 Å². The van der Waals surface area contributed by atoms with Crippen LogP contribution in [0, 0.1) is 5.92 Å². The molecule has 0 spiro atoms. The molecule has 3 rings (SSSR count). The van der Waals surface area contributed by atoms with E-state index in [1.807, 2.05) is 31.2 Å². The number of hydrogen-bond acceptors (Lipinski definition) is 3. The Labute approximate surface area is 185 Å². The van der Waals surface area contributed by atoms with Gasteiger partial charge in [0.2, 0.25) is 11.8 Å². The molecule has 1 aliphatic carbocycles. The summed E-state index contributed by atoms with van der Waals surface area (Å²) in [6, 6.07) is 12.5. The van der Waals surface area contributed by atoms with E-state index in [1.165, 1.54) is 18.2 Å². The first-order valence-corrected chi connectivity index (χ1v) is 11.4. The minimum atomic E-state index is -0.310. The minimum absolute atomic E-state index is 0.109. The van der Waals surface area contributed by atoms with Crippen LogP contribution in [0.15, 0.2) is 47.4 Å². The Morgan fingerprint density at radius 3 is 2.17 bits per heavy atom. The van der Waals surface area contributed by atoms with Crippen LogP contribution in [0.5, 0.6) is 0 Å². The average Bonchev–Trinajstić information content (AvgIpc) is 2.69. The number of hydrogen-bond donors (Lipinski definition) is 2. The molecule has 0 aliphatic heterocycles. The normalized spacial score (nSPS) is 15.6. The molecule has 1 fully saturated rings. The highest BCUT2D eigenvalue weighted by Crippen LogP contribution is 2.28. The Bertz CT molecular complexity index is 847. The van der Waals surface area contributed by atoms with Gasteiger partial charge in [-0.05, 0) is 62.2 Å². The molecular weight excluding hydrogens is 427 g/mol. The fourth-order valence-electron chi connectivity index (χ4n) is 3.35. The van der Waals surface area contributed by atoms with Crippen molar-refractivity contribution in [2.45, 2.75) is 49.2 Å². The Kier molecular flexibility index (Phi) is 7.87. The Morgan fingerprint density at radius 1 is 0.931 bits per heavy atom. The van der Waals surface area contributed by atoms with Gasteiger partial charge in [-0.2, -0.15) is 0 Å². The lowest BCUT2D eigenvalue weighted by Gasteiger charge is -2.20. The first-order chi connectivity index (χ1) is 13.9. The van der Waals surface area contributed by atoms with Crippen LogP contribution in [0.2, 0.25) is 10.0 Å². The molecule has 2 amide bonds. The van der Waals surface area contributed by atoms with Crippen molar-refractivity contribution in [1.82, 2.24) is 0 Å². The van der Waals surface area contributed by atoms with E-state index in [0.717, 1.165) is 36.3 Å². The highest BCUT2D eigenvalue weighted by molar-refractivity contribution is 8.00. The molecule has 0 radical (unpaired) electrons. The van der Waals surface area contributed by atoms with E-state index < -0.39 is 0 Å². The lowest BCUT2D eigenvalue weighted by atomic mass is 9.88. The topological polar surface area (TPSA) is 58.2 Å². The molecule has 2 aromatic carbocycles. The number of halogens is 2. The second kappa shape index (κ2) is 10.4. The molecule has 1 aliphatic rings. The smallest absolute Gasteiger partial charge is 0.237 e. The lowest BCUT2D eigenvalue weighted by molar-refractivity contribution is -0.120. The summed E-state index contributed by atoms with van der Waals surface area (Å²) < 4.78 is 0. The van der Waals surface area contributed by atoms with Crippen LogP contribution in [-0.4, -0.2) is 17.1 Å². The standard InChI is InChI=1S/C22H24Cl2N2O2S/c1-14(21(27)26-19-12-16(23)11-17(24)13-19)29-20-9-7-18(8-10-20)25-22(28)15-5-3-2-4-6-15/h7-15H,2-6H2,1H3,(H,25,28)(H,26,27). The second-order valence-corrected chi connectivity index (χ2v) is 9.54. The first-order valence-electron chi connectivity index (χ1n) is 9.75. The summed E-state index contributed by atoms with van der Waals surface area (Å²) in [5, 5.41) is 6.47. The van der Waals surface area contributed by atoms with E-state index in [1.54, 1.807) is 18.2 Å². The van der Waals surface area contributed by atoms with Crippen LogP contribution in [0.3, 0.4) is 0 Å². The van der Waals surface area contributed by atoms with Crippen LogP contribution in [0.25, 0.3) is 0 Å². The quantitative estimate of drug-likeness (QED) is 0.485. The van der Waals surface area contributed by atoms with Gasteiger partial charge < -0.3 is 10.6 Å². The van der Waals surface area contributed by atoms with Crippen molar-refractivity contribution in [2.24, 2.45) is 5.92 Å². The number of anilines is 2. The zero-order valence-corrected chi connectivity index (χ0v) is 18.5. The molecule has 1 saturated carbocycles. The van der Waals surface area contributed by atoms with Crippen LogP contribution in [-0.2, 0) is 9.59 Å². The third-order valence-corrected chi connectivity index (χ3v) is 6.46. The number of carbonyl (C=O) groups is 2. The molecule has 7 heteroatoms. The van der Waals surface area contributed by atoms with Gasteiger partial charge in [0.25, 0.3) is 0 Å². The predicted octanol–water partition coefficient (Wildman–Crippen LogP) is 6.63. The molecule has 29 heavy (non-hydrogen) atoms. The van der Waals surface area contributed by atoms with Crippen LogP contribution < -0.4 is 10.6 Å². The first kappa shape index (κ1) is 22.0. The van der Waals surface area contributed by atoms with E-state index in [2.05, 4.69) is 10.6 Å². The maximum atomic E-state index is 12.5. The van der Waals surface area contributed by atoms with Crippen LogP contribution in [0.1, 0.15) is 39.0 Å². The van der Waals surface area contributed by atoms with Crippen LogP contribution >= 0.6 is 35.0 Å². The molecular formula is C22H24Cl2N2O2S. The molecule has 154 valence electrons. The highest BCUT2D eigenvalue weighted by atomic mass is 35.5. The third kappa shape index (κ3) is 6.66. The van der Waals surface area contributed by atoms with Gasteiger partial charge in [0.05, 0.1) is 5.25 Å². The number of carbonyl (C=O) groups excluding carboxylic acids is 2. The predicted molar refractivity (Wildman–Crippen MR) is 122 cm³/mol. The van der Waals surface area contributed by atoms with Crippen molar-refractivity contribution in [3.05, 3.63) is 52.5 Å². The van der Waals surface area contributed by atoms with Gasteiger partial charge in [-0.25, -0.2) is 0 Å². The summed E-state index contributed by atoms with van der Waals surface area (Å²) in [4.78, 5) is 25.8. The van der Waals surface area contributed by atoms with Gasteiger partial charge in [0, 0.05) is 32.2 Å². The Balaban J connectivity index is 1.53. The number of rotatable bonds is 6. The molecule has 0 heterocycles. The fraction of sp³-hybridized carbons (Fsp3) is 0.364. The van der Waals surface area contributed by atoms with Gasteiger partial charge in [0.1, 0.15) is 0 Å². The molecule has 0 bridgehead atoms.